The quantitative estimate of drug-likeness (QED) is 0.313. The minimum absolute atomic E-state index is 0.857. The minimum Gasteiger partial charge on any atom is -0.456 e. The lowest BCUT2D eigenvalue weighted by atomic mass is 10.1. The fourth-order valence-electron chi connectivity index (χ4n) is 3.57. The van der Waals surface area contributed by atoms with Crippen LogP contribution in [0.5, 0.6) is 0 Å². The second-order valence-electron chi connectivity index (χ2n) is 6.68. The van der Waals surface area contributed by atoms with Gasteiger partial charge in [0.05, 0.1) is 0 Å². The highest BCUT2D eigenvalue weighted by molar-refractivity contribution is 7.17. The molecule has 0 aliphatic heterocycles. The molecule has 27 heavy (non-hydrogen) atoms. The molecule has 0 aliphatic carbocycles. The molecule has 3 aromatic heterocycles. The van der Waals surface area contributed by atoms with Gasteiger partial charge in [-0.05, 0) is 59.3 Å². The van der Waals surface area contributed by atoms with E-state index in [9.17, 15) is 0 Å². The smallest absolute Gasteiger partial charge is 0.135 e. The van der Waals surface area contributed by atoms with Gasteiger partial charge < -0.3 is 8.83 Å². The molecule has 0 spiro atoms. The van der Waals surface area contributed by atoms with E-state index in [1.807, 2.05) is 18.2 Å². The molecule has 3 aromatic carbocycles. The van der Waals surface area contributed by atoms with Gasteiger partial charge in [-0.1, -0.05) is 30.3 Å². The van der Waals surface area contributed by atoms with Crippen molar-refractivity contribution in [2.45, 2.75) is 0 Å². The van der Waals surface area contributed by atoms with Crippen molar-refractivity contribution in [3.63, 3.8) is 0 Å². The molecule has 6 rings (SSSR count). The number of para-hydroxylation sites is 1. The van der Waals surface area contributed by atoms with Gasteiger partial charge in [0.1, 0.15) is 22.7 Å². The highest BCUT2D eigenvalue weighted by atomic mass is 32.1. The number of furan rings is 2. The Hall–Kier alpha value is -3.30. The maximum absolute atomic E-state index is 6.18. The van der Waals surface area contributed by atoms with Crippen LogP contribution < -0.4 is 0 Å². The fraction of sp³-hybridized carbons (Fsp3) is 0. The van der Waals surface area contributed by atoms with E-state index in [1.54, 1.807) is 11.3 Å². The Morgan fingerprint density at radius 1 is 0.556 bits per heavy atom. The summed E-state index contributed by atoms with van der Waals surface area (Å²) in [5, 5.41) is 5.57. The van der Waals surface area contributed by atoms with Gasteiger partial charge in [-0.15, -0.1) is 11.3 Å². The second-order valence-corrected chi connectivity index (χ2v) is 7.63. The largest absolute Gasteiger partial charge is 0.456 e. The van der Waals surface area contributed by atoms with E-state index in [4.69, 9.17) is 8.83 Å². The number of rotatable bonds is 2. The molecule has 0 radical (unpaired) electrons. The number of hydrogen-bond acceptors (Lipinski definition) is 3. The van der Waals surface area contributed by atoms with Crippen LogP contribution in [-0.2, 0) is 0 Å². The van der Waals surface area contributed by atoms with Gasteiger partial charge in [0.15, 0.2) is 0 Å². The van der Waals surface area contributed by atoms with Crippen LogP contribution >= 0.6 is 11.3 Å². The topological polar surface area (TPSA) is 26.3 Å². The molecule has 128 valence electrons. The predicted octanol–water partition coefficient (Wildman–Crippen LogP) is 7.73. The highest BCUT2D eigenvalue weighted by Gasteiger charge is 2.11. The molecule has 0 atom stereocenters. The number of thiophene rings is 1. The van der Waals surface area contributed by atoms with Gasteiger partial charge in [-0.3, -0.25) is 0 Å². The van der Waals surface area contributed by atoms with E-state index in [-0.39, 0.29) is 0 Å². The van der Waals surface area contributed by atoms with Crippen LogP contribution in [-0.4, -0.2) is 0 Å². The third-order valence-electron chi connectivity index (χ3n) is 4.97. The molecule has 3 heteroatoms. The van der Waals surface area contributed by atoms with Crippen molar-refractivity contribution in [1.29, 1.82) is 0 Å². The first-order chi connectivity index (χ1) is 13.3. The van der Waals surface area contributed by atoms with Crippen molar-refractivity contribution in [2.24, 2.45) is 0 Å². The van der Waals surface area contributed by atoms with Crippen LogP contribution in [0.1, 0.15) is 0 Å². The molecule has 0 saturated carbocycles. The summed E-state index contributed by atoms with van der Waals surface area (Å²) in [6.07, 6.45) is 0. The average Bonchev–Trinajstić information content (AvgIpc) is 3.42. The summed E-state index contributed by atoms with van der Waals surface area (Å²) in [6, 6.07) is 27.1. The van der Waals surface area contributed by atoms with Gasteiger partial charge in [-0.2, -0.15) is 0 Å². The monoisotopic (exact) mass is 366 g/mol. The number of fused-ring (bicyclic) bond motifs is 3. The molecule has 3 heterocycles. The lowest BCUT2D eigenvalue weighted by molar-refractivity contribution is 0.625. The molecule has 0 unspecified atom stereocenters. The van der Waals surface area contributed by atoms with Crippen molar-refractivity contribution < 1.29 is 8.83 Å². The molecule has 0 amide bonds. The van der Waals surface area contributed by atoms with Crippen LogP contribution in [0.2, 0.25) is 0 Å². The maximum atomic E-state index is 6.18. The van der Waals surface area contributed by atoms with Crippen LogP contribution in [0.25, 0.3) is 54.7 Å². The highest BCUT2D eigenvalue weighted by Crippen LogP contribution is 2.34. The summed E-state index contributed by atoms with van der Waals surface area (Å²) in [7, 11) is 0. The van der Waals surface area contributed by atoms with Crippen molar-refractivity contribution >= 4 is 43.4 Å². The molecule has 0 bridgehead atoms. The zero-order valence-corrected chi connectivity index (χ0v) is 15.1. The molecule has 6 aromatic rings. The van der Waals surface area contributed by atoms with E-state index in [0.717, 1.165) is 44.6 Å². The summed E-state index contributed by atoms with van der Waals surface area (Å²) in [6.45, 7) is 0. The SMILES string of the molecule is c1ccc2oc(-c3ccc4cc(-c5ccc6sccc6c5)oc4c3)cc2c1. The summed E-state index contributed by atoms with van der Waals surface area (Å²) in [4.78, 5) is 0. The van der Waals surface area contributed by atoms with Gasteiger partial charge in [0.2, 0.25) is 0 Å². The summed E-state index contributed by atoms with van der Waals surface area (Å²) < 4.78 is 13.5. The first-order valence-corrected chi connectivity index (χ1v) is 9.72. The third kappa shape index (κ3) is 2.40. The van der Waals surface area contributed by atoms with Crippen LogP contribution in [0.3, 0.4) is 0 Å². The van der Waals surface area contributed by atoms with Gasteiger partial charge in [0.25, 0.3) is 0 Å². The molecular weight excluding hydrogens is 352 g/mol. The molecule has 2 nitrogen and oxygen atoms in total. The van der Waals surface area contributed by atoms with Crippen molar-refractivity contribution in [2.75, 3.05) is 0 Å². The zero-order chi connectivity index (χ0) is 17.8. The van der Waals surface area contributed by atoms with Gasteiger partial charge in [-0.25, -0.2) is 0 Å². The maximum Gasteiger partial charge on any atom is 0.135 e. The summed E-state index contributed by atoms with van der Waals surface area (Å²) >= 11 is 1.76. The van der Waals surface area contributed by atoms with Gasteiger partial charge >= 0.3 is 0 Å². The second kappa shape index (κ2) is 5.60. The Morgan fingerprint density at radius 3 is 2.19 bits per heavy atom. The van der Waals surface area contributed by atoms with Crippen molar-refractivity contribution in [3.8, 4) is 22.6 Å². The van der Waals surface area contributed by atoms with E-state index in [2.05, 4.69) is 66.0 Å². The standard InChI is InChI=1S/C24H14O2S/c1-2-4-20-15(3-1)12-22(25-20)17-5-6-18-13-21(26-23(18)14-17)16-7-8-24-19(11-16)9-10-27-24/h1-14H. The number of hydrogen-bond donors (Lipinski definition) is 0. The lowest BCUT2D eigenvalue weighted by Gasteiger charge is -1.97. The van der Waals surface area contributed by atoms with Gasteiger partial charge in [0, 0.05) is 26.6 Å². The van der Waals surface area contributed by atoms with E-state index in [0.29, 0.717) is 0 Å². The molecule has 0 N–H and O–H groups in total. The van der Waals surface area contributed by atoms with Crippen LogP contribution in [0.15, 0.2) is 93.1 Å². The first kappa shape index (κ1) is 14.8. The normalized spacial score (nSPS) is 11.7. The predicted molar refractivity (Wildman–Crippen MR) is 112 cm³/mol. The van der Waals surface area contributed by atoms with E-state index < -0.39 is 0 Å². The fourth-order valence-corrected chi connectivity index (χ4v) is 4.34. The lowest BCUT2D eigenvalue weighted by Crippen LogP contribution is -1.72. The summed E-state index contributed by atoms with van der Waals surface area (Å²) in [5.41, 5.74) is 3.89. The molecule has 0 aliphatic rings. The summed E-state index contributed by atoms with van der Waals surface area (Å²) in [5.74, 6) is 1.75. The first-order valence-electron chi connectivity index (χ1n) is 8.84. The average molecular weight is 366 g/mol. The third-order valence-corrected chi connectivity index (χ3v) is 5.86. The van der Waals surface area contributed by atoms with Crippen molar-refractivity contribution in [1.82, 2.24) is 0 Å². The van der Waals surface area contributed by atoms with Crippen molar-refractivity contribution in [3.05, 3.63) is 84.2 Å². The Bertz CT molecular complexity index is 1400. The van der Waals surface area contributed by atoms with E-state index >= 15 is 0 Å². The molecule has 0 fully saturated rings. The Kier molecular flexibility index (Phi) is 3.07. The number of benzene rings is 3. The molecule has 0 saturated heterocycles. The zero-order valence-electron chi connectivity index (χ0n) is 14.3. The molecular formula is C24H14O2S. The Morgan fingerprint density at radius 2 is 1.30 bits per heavy atom. The van der Waals surface area contributed by atoms with Crippen LogP contribution in [0, 0.1) is 0 Å². The Labute approximate surface area is 159 Å². The minimum atomic E-state index is 0.857. The van der Waals surface area contributed by atoms with Crippen LogP contribution in [0.4, 0.5) is 0 Å². The van der Waals surface area contributed by atoms with E-state index in [1.165, 1.54) is 10.1 Å². The Balaban J connectivity index is 1.46.